The van der Waals surface area contributed by atoms with Crippen LogP contribution in [0.2, 0.25) is 0 Å². The maximum absolute atomic E-state index is 8.23. The highest BCUT2D eigenvalue weighted by Gasteiger charge is 1.78. The predicted molar refractivity (Wildman–Crippen MR) is 42.1 cm³/mol. The molecule has 0 saturated heterocycles. The average molecular weight is 134 g/mol. The van der Waals surface area contributed by atoms with Crippen LogP contribution in [-0.2, 0) is 0 Å². The van der Waals surface area contributed by atoms with Crippen LogP contribution in [0.5, 0.6) is 0 Å². The van der Waals surface area contributed by atoms with Crippen molar-refractivity contribution in [2.45, 2.75) is 26.2 Å². The molecule has 0 aromatic carbocycles. The lowest BCUT2D eigenvalue weighted by atomic mass is 10.3. The molecule has 0 fully saturated rings. The standard InChI is InChI=1S/C6H14OS/c1-2-3-4-5-8-6-7/h6-8H,2-5H2,1H3. The number of aliphatic hydroxyl groups is 1. The highest BCUT2D eigenvalue weighted by molar-refractivity contribution is 7.97. The number of unbranched alkanes of at least 4 members (excludes halogenated alkanes) is 2. The SMILES string of the molecule is CCCCC[SH]=CO. The first-order valence-electron chi connectivity index (χ1n) is 3.04. The lowest BCUT2D eigenvalue weighted by molar-refractivity contribution is 0.593. The summed E-state index contributed by atoms with van der Waals surface area (Å²) >= 11 is 1.07. The summed E-state index contributed by atoms with van der Waals surface area (Å²) in [6, 6.07) is 0. The molecule has 0 unspecified atom stereocenters. The van der Waals surface area contributed by atoms with Gasteiger partial charge in [-0.1, -0.05) is 19.8 Å². The molecule has 8 heavy (non-hydrogen) atoms. The van der Waals surface area contributed by atoms with Crippen LogP contribution in [-0.4, -0.2) is 16.4 Å². The Labute approximate surface area is 54.7 Å². The van der Waals surface area contributed by atoms with Crippen molar-refractivity contribution in [3.8, 4) is 0 Å². The van der Waals surface area contributed by atoms with Crippen molar-refractivity contribution < 1.29 is 5.11 Å². The lowest BCUT2D eigenvalue weighted by Crippen LogP contribution is -1.75. The van der Waals surface area contributed by atoms with E-state index in [0.717, 1.165) is 17.1 Å². The van der Waals surface area contributed by atoms with Gasteiger partial charge in [0.1, 0.15) is 0 Å². The zero-order valence-electron chi connectivity index (χ0n) is 5.30. The fourth-order valence-corrected chi connectivity index (χ4v) is 1.03. The van der Waals surface area contributed by atoms with Crippen LogP contribution in [0, 0.1) is 0 Å². The first kappa shape index (κ1) is 8.18. The monoisotopic (exact) mass is 134 g/mol. The molecular formula is C6H14OS. The third-order valence-corrected chi connectivity index (χ3v) is 1.71. The molecule has 0 bridgehead atoms. The molecule has 0 aromatic heterocycles. The number of aliphatic hydroxyl groups excluding tert-OH is 1. The molecule has 1 nitrogen and oxygen atoms in total. The summed E-state index contributed by atoms with van der Waals surface area (Å²) < 4.78 is 0. The van der Waals surface area contributed by atoms with E-state index in [1.165, 1.54) is 24.8 Å². The van der Waals surface area contributed by atoms with Crippen LogP contribution >= 0.6 is 11.4 Å². The van der Waals surface area contributed by atoms with Crippen molar-refractivity contribution in [3.05, 3.63) is 0 Å². The fraction of sp³-hybridized carbons (Fsp3) is 0.833. The van der Waals surface area contributed by atoms with Gasteiger partial charge in [0.15, 0.2) is 0 Å². The molecule has 0 aliphatic heterocycles. The largest absolute Gasteiger partial charge is 0.363 e. The maximum atomic E-state index is 8.23. The number of hydrogen-bond acceptors (Lipinski definition) is 0. The van der Waals surface area contributed by atoms with Gasteiger partial charge in [-0.3, -0.25) is 0 Å². The summed E-state index contributed by atoms with van der Waals surface area (Å²) in [6.07, 6.45) is 3.80. The summed E-state index contributed by atoms with van der Waals surface area (Å²) in [5.74, 6) is 1.12. The Morgan fingerprint density at radius 2 is 2.25 bits per heavy atom. The summed E-state index contributed by atoms with van der Waals surface area (Å²) in [7, 11) is 0. The van der Waals surface area contributed by atoms with Crippen molar-refractivity contribution >= 4 is 16.9 Å². The molecule has 0 rings (SSSR count). The Morgan fingerprint density at radius 1 is 1.50 bits per heavy atom. The van der Waals surface area contributed by atoms with Crippen LogP contribution < -0.4 is 0 Å². The topological polar surface area (TPSA) is 20.2 Å². The van der Waals surface area contributed by atoms with Gasteiger partial charge in [0.05, 0.1) is 5.55 Å². The number of rotatable bonds is 4. The van der Waals surface area contributed by atoms with Gasteiger partial charge in [0, 0.05) is 0 Å². The summed E-state index contributed by atoms with van der Waals surface area (Å²) in [6.45, 7) is 2.18. The second kappa shape index (κ2) is 7.18. The molecule has 0 radical (unpaired) electrons. The van der Waals surface area contributed by atoms with E-state index < -0.39 is 0 Å². The lowest BCUT2D eigenvalue weighted by Gasteiger charge is -1.89. The zero-order chi connectivity index (χ0) is 6.24. The highest BCUT2D eigenvalue weighted by atomic mass is 32.1. The minimum Gasteiger partial charge on any atom is -0.363 e. The van der Waals surface area contributed by atoms with E-state index in [1.54, 1.807) is 0 Å². The van der Waals surface area contributed by atoms with Gasteiger partial charge in [-0.05, 0) is 12.2 Å². The summed E-state index contributed by atoms with van der Waals surface area (Å²) in [4.78, 5) is 0. The molecule has 0 spiro atoms. The minimum absolute atomic E-state index is 1.07. The first-order chi connectivity index (χ1) is 3.91. The van der Waals surface area contributed by atoms with Crippen LogP contribution in [0.25, 0.3) is 0 Å². The zero-order valence-corrected chi connectivity index (χ0v) is 6.19. The molecule has 0 atom stereocenters. The van der Waals surface area contributed by atoms with Crippen molar-refractivity contribution in [3.63, 3.8) is 0 Å². The normalized spacial score (nSPS) is 11.8. The highest BCUT2D eigenvalue weighted by Crippen LogP contribution is 1.96. The van der Waals surface area contributed by atoms with Gasteiger partial charge in [-0.15, -0.1) is 0 Å². The Kier molecular flexibility index (Phi) is 7.34. The van der Waals surface area contributed by atoms with E-state index >= 15 is 0 Å². The van der Waals surface area contributed by atoms with Gasteiger partial charge in [-0.25, -0.2) is 0 Å². The van der Waals surface area contributed by atoms with Crippen molar-refractivity contribution in [2.75, 3.05) is 5.75 Å². The molecule has 2 heteroatoms. The second-order valence-electron chi connectivity index (χ2n) is 1.73. The Balaban J connectivity index is 2.72. The van der Waals surface area contributed by atoms with Gasteiger partial charge in [-0.2, -0.15) is 11.4 Å². The quantitative estimate of drug-likeness (QED) is 0.342. The molecule has 0 saturated carbocycles. The molecule has 0 aromatic rings. The summed E-state index contributed by atoms with van der Waals surface area (Å²) in [5, 5.41) is 8.23. The Morgan fingerprint density at radius 3 is 2.75 bits per heavy atom. The van der Waals surface area contributed by atoms with Gasteiger partial charge in [0.2, 0.25) is 0 Å². The van der Waals surface area contributed by atoms with E-state index in [4.69, 9.17) is 5.11 Å². The molecule has 1 N–H and O–H groups in total. The van der Waals surface area contributed by atoms with Crippen LogP contribution in [0.15, 0.2) is 0 Å². The Hall–Kier alpha value is 0.180. The Bertz CT molecular complexity index is 61.5. The number of thiol groups is 1. The third-order valence-electron chi connectivity index (χ3n) is 0.972. The first-order valence-corrected chi connectivity index (χ1v) is 4.19. The second-order valence-corrected chi connectivity index (χ2v) is 2.77. The molecule has 0 aliphatic carbocycles. The fourth-order valence-electron chi connectivity index (χ4n) is 0.511. The molecule has 50 valence electrons. The van der Waals surface area contributed by atoms with E-state index in [-0.39, 0.29) is 0 Å². The van der Waals surface area contributed by atoms with Gasteiger partial charge < -0.3 is 5.11 Å². The van der Waals surface area contributed by atoms with Gasteiger partial charge >= 0.3 is 0 Å². The molecule has 0 amide bonds. The van der Waals surface area contributed by atoms with Crippen molar-refractivity contribution in [1.82, 2.24) is 0 Å². The van der Waals surface area contributed by atoms with Crippen molar-refractivity contribution in [1.29, 1.82) is 0 Å². The molecular weight excluding hydrogens is 120 g/mol. The van der Waals surface area contributed by atoms with Gasteiger partial charge in [0.25, 0.3) is 0 Å². The maximum Gasteiger partial charge on any atom is 0.0560 e. The van der Waals surface area contributed by atoms with E-state index in [1.807, 2.05) is 0 Å². The van der Waals surface area contributed by atoms with Crippen LogP contribution in [0.3, 0.4) is 0 Å². The molecule has 0 heterocycles. The number of hydrogen-bond donors (Lipinski definition) is 2. The van der Waals surface area contributed by atoms with Crippen LogP contribution in [0.4, 0.5) is 0 Å². The predicted octanol–water partition coefficient (Wildman–Crippen LogP) is 1.96. The van der Waals surface area contributed by atoms with Crippen molar-refractivity contribution in [2.24, 2.45) is 0 Å². The van der Waals surface area contributed by atoms with E-state index in [0.29, 0.717) is 0 Å². The molecule has 0 aliphatic rings. The van der Waals surface area contributed by atoms with E-state index in [9.17, 15) is 0 Å². The third kappa shape index (κ3) is 6.18. The average Bonchev–Trinajstić information content (AvgIpc) is 1.81. The minimum atomic E-state index is 1.07. The summed E-state index contributed by atoms with van der Waals surface area (Å²) in [5.41, 5.74) is 1.22. The smallest absolute Gasteiger partial charge is 0.0560 e. The van der Waals surface area contributed by atoms with Crippen LogP contribution in [0.1, 0.15) is 26.2 Å². The van der Waals surface area contributed by atoms with E-state index in [2.05, 4.69) is 6.92 Å².